The lowest BCUT2D eigenvalue weighted by Crippen LogP contribution is -2.24. The van der Waals surface area contributed by atoms with E-state index >= 15 is 0 Å². The van der Waals surface area contributed by atoms with Crippen molar-refractivity contribution in [2.45, 2.75) is 31.7 Å². The van der Waals surface area contributed by atoms with Gasteiger partial charge in [-0.25, -0.2) is 13.6 Å². The van der Waals surface area contributed by atoms with Gasteiger partial charge in [-0.2, -0.15) is 5.10 Å². The van der Waals surface area contributed by atoms with Gasteiger partial charge in [0.2, 0.25) is 10.0 Å². The number of nitrogens with zero attached hydrogens (tertiary/aromatic N) is 2. The average Bonchev–Trinajstić information content (AvgIpc) is 3.31. The number of benzene rings is 2. The number of amides is 1. The molecule has 0 atom stereocenters. The third-order valence-electron chi connectivity index (χ3n) is 5.24. The fourth-order valence-electron chi connectivity index (χ4n) is 3.45. The Balaban J connectivity index is 1.42. The van der Waals surface area contributed by atoms with E-state index in [9.17, 15) is 13.2 Å². The van der Waals surface area contributed by atoms with E-state index in [2.05, 4.69) is 41.6 Å². The largest absolute Gasteiger partial charge is 0.351 e. The molecule has 2 aromatic carbocycles. The lowest BCUT2D eigenvalue weighted by Gasteiger charge is -2.05. The first-order chi connectivity index (χ1) is 15.2. The van der Waals surface area contributed by atoms with Crippen molar-refractivity contribution in [2.24, 2.45) is 5.14 Å². The third-order valence-corrected chi connectivity index (χ3v) is 7.31. The van der Waals surface area contributed by atoms with E-state index in [0.717, 1.165) is 27.0 Å². The fraction of sp³-hybridized carbons (Fsp3) is 0.217. The maximum Gasteiger partial charge on any atom is 0.261 e. The standard InChI is InChI=1S/C23H24N4O3S2/c1-15-3-5-18(6-4-15)14-27-23-20(16(2)26-27)13-21(31-23)22(28)25-12-11-17-7-9-19(10-8-17)32(24,29)30/h3-10,13H,11-12,14H2,1-2H3,(H,25,28)(H2,24,29,30). The molecule has 4 rings (SSSR count). The van der Waals surface area contributed by atoms with E-state index in [0.29, 0.717) is 24.4 Å². The molecule has 0 saturated carbocycles. The Morgan fingerprint density at radius 1 is 1.06 bits per heavy atom. The summed E-state index contributed by atoms with van der Waals surface area (Å²) in [5.41, 5.74) is 4.19. The van der Waals surface area contributed by atoms with Crippen LogP contribution in [0.2, 0.25) is 0 Å². The zero-order chi connectivity index (χ0) is 22.9. The van der Waals surface area contributed by atoms with Crippen molar-refractivity contribution in [1.82, 2.24) is 15.1 Å². The van der Waals surface area contributed by atoms with Gasteiger partial charge in [0.15, 0.2) is 0 Å². The van der Waals surface area contributed by atoms with E-state index < -0.39 is 10.0 Å². The van der Waals surface area contributed by atoms with E-state index in [4.69, 9.17) is 5.14 Å². The lowest BCUT2D eigenvalue weighted by molar-refractivity contribution is 0.0958. The van der Waals surface area contributed by atoms with E-state index in [-0.39, 0.29) is 10.8 Å². The molecular formula is C23H24N4O3S2. The predicted molar refractivity (Wildman–Crippen MR) is 126 cm³/mol. The maximum atomic E-state index is 12.7. The number of aryl methyl sites for hydroxylation is 2. The molecule has 0 fully saturated rings. The highest BCUT2D eigenvalue weighted by atomic mass is 32.2. The second-order valence-corrected chi connectivity index (χ2v) is 10.3. The minimum atomic E-state index is -3.70. The molecule has 1 amide bonds. The molecule has 0 radical (unpaired) electrons. The highest BCUT2D eigenvalue weighted by Gasteiger charge is 2.16. The Hall–Kier alpha value is -3.01. The van der Waals surface area contributed by atoms with Crippen LogP contribution in [0, 0.1) is 13.8 Å². The summed E-state index contributed by atoms with van der Waals surface area (Å²) in [5.74, 6) is -0.131. The topological polar surface area (TPSA) is 107 Å². The third kappa shape index (κ3) is 4.90. The summed E-state index contributed by atoms with van der Waals surface area (Å²) in [5, 5.41) is 13.7. The van der Waals surface area contributed by atoms with Gasteiger partial charge < -0.3 is 5.32 Å². The van der Waals surface area contributed by atoms with Crippen LogP contribution in [0.3, 0.4) is 0 Å². The van der Waals surface area contributed by atoms with Crippen LogP contribution >= 0.6 is 11.3 Å². The molecule has 3 N–H and O–H groups in total. The number of carbonyl (C=O) groups excluding carboxylic acids is 1. The number of carbonyl (C=O) groups is 1. The summed E-state index contributed by atoms with van der Waals surface area (Å²) in [7, 11) is -3.70. The monoisotopic (exact) mass is 468 g/mol. The molecule has 0 saturated heterocycles. The smallest absolute Gasteiger partial charge is 0.261 e. The van der Waals surface area contributed by atoms with Crippen molar-refractivity contribution >= 4 is 37.5 Å². The van der Waals surface area contributed by atoms with Gasteiger partial charge in [-0.15, -0.1) is 11.3 Å². The summed E-state index contributed by atoms with van der Waals surface area (Å²) in [6.07, 6.45) is 0.585. The second kappa shape index (κ2) is 8.85. The highest BCUT2D eigenvalue weighted by Crippen LogP contribution is 2.29. The molecule has 0 aliphatic carbocycles. The first-order valence-corrected chi connectivity index (χ1v) is 12.5. The minimum absolute atomic E-state index is 0.0746. The molecule has 7 nitrogen and oxygen atoms in total. The van der Waals surface area contributed by atoms with Gasteiger partial charge in [-0.05, 0) is 49.6 Å². The Labute approximate surface area is 190 Å². The minimum Gasteiger partial charge on any atom is -0.351 e. The molecule has 0 bridgehead atoms. The van der Waals surface area contributed by atoms with Crippen molar-refractivity contribution in [3.05, 3.63) is 81.9 Å². The first kappa shape index (κ1) is 22.2. The van der Waals surface area contributed by atoms with Crippen molar-refractivity contribution in [1.29, 1.82) is 0 Å². The van der Waals surface area contributed by atoms with Crippen LogP contribution in [0.15, 0.2) is 59.5 Å². The van der Waals surface area contributed by atoms with Crippen molar-refractivity contribution in [3.8, 4) is 0 Å². The average molecular weight is 469 g/mol. The molecule has 166 valence electrons. The van der Waals surface area contributed by atoms with Crippen molar-refractivity contribution in [2.75, 3.05) is 6.54 Å². The van der Waals surface area contributed by atoms with Crippen LogP contribution in [0.5, 0.6) is 0 Å². The van der Waals surface area contributed by atoms with Gasteiger partial charge in [0.1, 0.15) is 4.83 Å². The molecule has 0 spiro atoms. The molecular weight excluding hydrogens is 444 g/mol. The Morgan fingerprint density at radius 2 is 1.72 bits per heavy atom. The second-order valence-electron chi connectivity index (χ2n) is 7.75. The maximum absolute atomic E-state index is 12.7. The number of aromatic nitrogens is 2. The zero-order valence-electron chi connectivity index (χ0n) is 17.8. The SMILES string of the molecule is Cc1ccc(Cn2nc(C)c3cc(C(=O)NCCc4ccc(S(N)(=O)=O)cc4)sc32)cc1. The number of rotatable bonds is 7. The lowest BCUT2D eigenvalue weighted by atomic mass is 10.1. The van der Waals surface area contributed by atoms with Gasteiger partial charge in [-0.3, -0.25) is 9.48 Å². The van der Waals surface area contributed by atoms with Crippen molar-refractivity contribution in [3.63, 3.8) is 0 Å². The molecule has 0 aliphatic heterocycles. The van der Waals surface area contributed by atoms with Crippen LogP contribution in [0.1, 0.15) is 32.1 Å². The molecule has 2 heterocycles. The summed E-state index contributed by atoms with van der Waals surface area (Å²) < 4.78 is 24.6. The number of nitrogens with two attached hydrogens (primary N) is 1. The van der Waals surface area contributed by atoms with Crippen LogP contribution in [0.25, 0.3) is 10.2 Å². The van der Waals surface area contributed by atoms with Gasteiger partial charge >= 0.3 is 0 Å². The van der Waals surface area contributed by atoms with E-state index in [1.54, 1.807) is 12.1 Å². The predicted octanol–water partition coefficient (Wildman–Crippen LogP) is 3.38. The zero-order valence-corrected chi connectivity index (χ0v) is 19.5. The Kier molecular flexibility index (Phi) is 6.14. The quantitative estimate of drug-likeness (QED) is 0.433. The van der Waals surface area contributed by atoms with Crippen LogP contribution < -0.4 is 10.5 Å². The van der Waals surface area contributed by atoms with Crippen LogP contribution in [-0.4, -0.2) is 30.7 Å². The van der Waals surface area contributed by atoms with E-state index in [1.807, 2.05) is 17.7 Å². The number of hydrogen-bond donors (Lipinski definition) is 2. The van der Waals surface area contributed by atoms with Crippen LogP contribution in [-0.2, 0) is 23.0 Å². The molecule has 4 aromatic rings. The van der Waals surface area contributed by atoms with Crippen LogP contribution in [0.4, 0.5) is 0 Å². The molecule has 9 heteroatoms. The number of nitrogens with one attached hydrogen (secondary N) is 1. The number of thiophene rings is 1. The number of hydrogen-bond acceptors (Lipinski definition) is 5. The fourth-order valence-corrected chi connectivity index (χ4v) is 5.04. The summed E-state index contributed by atoms with van der Waals surface area (Å²) in [4.78, 5) is 14.4. The van der Waals surface area contributed by atoms with Gasteiger partial charge in [-0.1, -0.05) is 42.0 Å². The number of sulfonamides is 1. The molecule has 32 heavy (non-hydrogen) atoms. The Morgan fingerprint density at radius 3 is 2.38 bits per heavy atom. The van der Waals surface area contributed by atoms with Gasteiger partial charge in [0.25, 0.3) is 5.91 Å². The summed E-state index contributed by atoms with van der Waals surface area (Å²) in [6.45, 7) is 5.11. The molecule has 2 aromatic heterocycles. The van der Waals surface area contributed by atoms with Gasteiger partial charge in [0.05, 0.1) is 22.0 Å². The Bertz CT molecular complexity index is 1370. The number of primary sulfonamides is 1. The normalized spacial score (nSPS) is 11.7. The first-order valence-electron chi connectivity index (χ1n) is 10.1. The molecule has 0 aliphatic rings. The van der Waals surface area contributed by atoms with Crippen molar-refractivity contribution < 1.29 is 13.2 Å². The summed E-state index contributed by atoms with van der Waals surface area (Å²) in [6, 6.07) is 16.6. The summed E-state index contributed by atoms with van der Waals surface area (Å²) >= 11 is 1.43. The molecule has 0 unspecified atom stereocenters. The number of fused-ring (bicyclic) bond motifs is 1. The van der Waals surface area contributed by atoms with E-state index in [1.165, 1.54) is 29.0 Å². The highest BCUT2D eigenvalue weighted by molar-refractivity contribution is 7.89. The van der Waals surface area contributed by atoms with Gasteiger partial charge in [0, 0.05) is 11.9 Å².